The normalized spacial score (nSPS) is 12.0. The summed E-state index contributed by atoms with van der Waals surface area (Å²) in [6.07, 6.45) is -1.11. The van der Waals surface area contributed by atoms with E-state index in [1.165, 1.54) is 6.92 Å². The number of nitrogens with one attached hydrogen (secondary N) is 1. The predicted octanol–water partition coefficient (Wildman–Crippen LogP) is 1.24. The van der Waals surface area contributed by atoms with Crippen molar-refractivity contribution in [1.29, 1.82) is 0 Å². The number of hydrogen-bond acceptors (Lipinski definition) is 7. The molecule has 1 atom stereocenters. The van der Waals surface area contributed by atoms with Crippen LogP contribution < -0.4 is 5.32 Å². The highest BCUT2D eigenvalue weighted by molar-refractivity contribution is 5.82. The lowest BCUT2D eigenvalue weighted by molar-refractivity contribution is -0.166. The second kappa shape index (κ2) is 10.5. The van der Waals surface area contributed by atoms with Gasteiger partial charge in [-0.25, -0.2) is 9.59 Å². The first-order valence-corrected chi connectivity index (χ1v) is 7.56. The number of esters is 2. The topological polar surface area (TPSA) is 128 Å². The predicted molar refractivity (Wildman–Crippen MR) is 82.2 cm³/mol. The Bertz CT molecular complexity index is 455. The molecule has 0 aromatic rings. The Hall–Kier alpha value is -2.32. The minimum absolute atomic E-state index is 0.00156. The number of ether oxygens (including phenoxy) is 3. The maximum absolute atomic E-state index is 11.6. The van der Waals surface area contributed by atoms with Crippen LogP contribution in [0.3, 0.4) is 0 Å². The lowest BCUT2D eigenvalue weighted by atomic mass is 10.2. The monoisotopic (exact) mass is 347 g/mol. The first-order valence-electron chi connectivity index (χ1n) is 7.56. The molecule has 0 aromatic heterocycles. The molecule has 0 bridgehead atoms. The van der Waals surface area contributed by atoms with E-state index in [0.29, 0.717) is 12.8 Å². The number of carboxylic acids is 1. The van der Waals surface area contributed by atoms with Gasteiger partial charge in [-0.1, -0.05) is 0 Å². The van der Waals surface area contributed by atoms with Crippen molar-refractivity contribution in [2.75, 3.05) is 13.2 Å². The van der Waals surface area contributed by atoms with Gasteiger partial charge in [0.25, 0.3) is 0 Å². The summed E-state index contributed by atoms with van der Waals surface area (Å²) in [6.45, 7) is 5.98. The molecule has 0 aromatic carbocycles. The van der Waals surface area contributed by atoms with Gasteiger partial charge in [0.2, 0.25) is 0 Å². The first-order chi connectivity index (χ1) is 11.0. The molecule has 1 amide bonds. The molecule has 9 heteroatoms. The van der Waals surface area contributed by atoms with Gasteiger partial charge in [0.05, 0.1) is 6.61 Å². The van der Waals surface area contributed by atoms with Gasteiger partial charge in [-0.3, -0.25) is 9.59 Å². The van der Waals surface area contributed by atoms with Crippen molar-refractivity contribution in [3.05, 3.63) is 0 Å². The molecule has 0 aliphatic heterocycles. The van der Waals surface area contributed by atoms with Crippen molar-refractivity contribution in [2.45, 2.75) is 58.7 Å². The van der Waals surface area contributed by atoms with Crippen molar-refractivity contribution in [3.63, 3.8) is 0 Å². The average Bonchev–Trinajstić information content (AvgIpc) is 2.42. The highest BCUT2D eigenvalue weighted by Crippen LogP contribution is 2.06. The van der Waals surface area contributed by atoms with Gasteiger partial charge in [0.15, 0.2) is 6.10 Å². The van der Waals surface area contributed by atoms with Crippen LogP contribution in [0.15, 0.2) is 0 Å². The Labute approximate surface area is 140 Å². The molecular weight excluding hydrogens is 322 g/mol. The number of hydrogen-bond donors (Lipinski definition) is 2. The third-order valence-corrected chi connectivity index (χ3v) is 2.45. The maximum Gasteiger partial charge on any atom is 0.408 e. The highest BCUT2D eigenvalue weighted by atomic mass is 16.6. The Balaban J connectivity index is 3.93. The Morgan fingerprint density at radius 2 is 1.75 bits per heavy atom. The molecule has 9 nitrogen and oxygen atoms in total. The summed E-state index contributed by atoms with van der Waals surface area (Å²) < 4.78 is 14.6. The third-order valence-electron chi connectivity index (χ3n) is 2.45. The molecule has 0 saturated heterocycles. The Morgan fingerprint density at radius 3 is 2.29 bits per heavy atom. The van der Waals surface area contributed by atoms with Gasteiger partial charge in [0, 0.05) is 6.42 Å². The van der Waals surface area contributed by atoms with Gasteiger partial charge in [-0.15, -0.1) is 0 Å². The van der Waals surface area contributed by atoms with Crippen LogP contribution in [-0.2, 0) is 28.6 Å². The standard InChI is InChI=1S/C15H25NO8/c1-10(13(20)22-8-6-5-7-11(17)18)23-12(19)9-16-14(21)24-15(2,3)4/h10H,5-9H2,1-4H3,(H,16,21)(H,17,18). The SMILES string of the molecule is CC(OC(=O)CNC(=O)OC(C)(C)C)C(=O)OCCCCC(=O)O. The summed E-state index contributed by atoms with van der Waals surface area (Å²) in [5.41, 5.74) is -0.689. The van der Waals surface area contributed by atoms with E-state index >= 15 is 0 Å². The molecule has 0 fully saturated rings. The molecule has 0 aliphatic rings. The van der Waals surface area contributed by atoms with Crippen molar-refractivity contribution in [1.82, 2.24) is 5.32 Å². The summed E-state index contributed by atoms with van der Waals surface area (Å²) in [7, 11) is 0. The smallest absolute Gasteiger partial charge is 0.408 e. The van der Waals surface area contributed by atoms with E-state index in [9.17, 15) is 19.2 Å². The van der Waals surface area contributed by atoms with Crippen LogP contribution in [0, 0.1) is 0 Å². The lowest BCUT2D eigenvalue weighted by Crippen LogP contribution is -2.37. The molecule has 24 heavy (non-hydrogen) atoms. The number of amides is 1. The third kappa shape index (κ3) is 12.2. The van der Waals surface area contributed by atoms with Crippen LogP contribution in [0.1, 0.15) is 47.0 Å². The highest BCUT2D eigenvalue weighted by Gasteiger charge is 2.21. The van der Waals surface area contributed by atoms with Gasteiger partial charge in [0.1, 0.15) is 12.1 Å². The molecular formula is C15H25NO8. The first kappa shape index (κ1) is 21.7. The van der Waals surface area contributed by atoms with Crippen molar-refractivity contribution >= 4 is 24.0 Å². The van der Waals surface area contributed by atoms with Crippen LogP contribution in [0.25, 0.3) is 0 Å². The minimum atomic E-state index is -1.13. The van der Waals surface area contributed by atoms with Gasteiger partial charge < -0.3 is 24.6 Å². The summed E-state index contributed by atoms with van der Waals surface area (Å²) in [6, 6.07) is 0. The Kier molecular flexibility index (Phi) is 9.44. The van der Waals surface area contributed by atoms with E-state index in [1.807, 2.05) is 0 Å². The van der Waals surface area contributed by atoms with E-state index in [2.05, 4.69) is 5.32 Å². The summed E-state index contributed by atoms with van der Waals surface area (Å²) in [5, 5.41) is 10.7. The lowest BCUT2D eigenvalue weighted by Gasteiger charge is -2.19. The number of unbranched alkanes of at least 4 members (excludes halogenated alkanes) is 1. The van der Waals surface area contributed by atoms with Crippen molar-refractivity contribution in [3.8, 4) is 0 Å². The van der Waals surface area contributed by atoms with Crippen molar-refractivity contribution < 1.29 is 38.5 Å². The number of carboxylic acid groups (broad SMARTS) is 1. The van der Waals surface area contributed by atoms with E-state index in [0.717, 1.165) is 0 Å². The quantitative estimate of drug-likeness (QED) is 0.362. The second-order valence-corrected chi connectivity index (χ2v) is 6.01. The van der Waals surface area contributed by atoms with Crippen molar-refractivity contribution in [2.24, 2.45) is 0 Å². The number of rotatable bonds is 9. The maximum atomic E-state index is 11.6. The molecule has 2 N–H and O–H groups in total. The zero-order valence-electron chi connectivity index (χ0n) is 14.4. The van der Waals surface area contributed by atoms with Crippen LogP contribution in [-0.4, -0.2) is 54.0 Å². The molecule has 138 valence electrons. The fraction of sp³-hybridized carbons (Fsp3) is 0.733. The second-order valence-electron chi connectivity index (χ2n) is 6.01. The van der Waals surface area contributed by atoms with E-state index in [-0.39, 0.29) is 13.0 Å². The number of carbonyl (C=O) groups is 4. The van der Waals surface area contributed by atoms with Gasteiger partial charge >= 0.3 is 24.0 Å². The molecule has 0 saturated carbocycles. The Morgan fingerprint density at radius 1 is 1.12 bits per heavy atom. The van der Waals surface area contributed by atoms with E-state index < -0.39 is 42.3 Å². The summed E-state index contributed by atoms with van der Waals surface area (Å²) in [4.78, 5) is 44.8. The van der Waals surface area contributed by atoms with Crippen LogP contribution in [0.2, 0.25) is 0 Å². The van der Waals surface area contributed by atoms with E-state index in [4.69, 9.17) is 19.3 Å². The molecule has 0 heterocycles. The average molecular weight is 347 g/mol. The van der Waals surface area contributed by atoms with Crippen LogP contribution >= 0.6 is 0 Å². The zero-order valence-corrected chi connectivity index (χ0v) is 14.4. The number of aliphatic carboxylic acids is 1. The summed E-state index contributed by atoms with van der Waals surface area (Å²) >= 11 is 0. The number of alkyl carbamates (subject to hydrolysis) is 1. The fourth-order valence-corrected chi connectivity index (χ4v) is 1.41. The molecule has 0 radical (unpaired) electrons. The van der Waals surface area contributed by atoms with Gasteiger partial charge in [-0.05, 0) is 40.5 Å². The minimum Gasteiger partial charge on any atom is -0.481 e. The van der Waals surface area contributed by atoms with Crippen LogP contribution in [0.4, 0.5) is 4.79 Å². The van der Waals surface area contributed by atoms with Crippen LogP contribution in [0.5, 0.6) is 0 Å². The molecule has 0 spiro atoms. The summed E-state index contributed by atoms with van der Waals surface area (Å²) in [5.74, 6) is -2.46. The van der Waals surface area contributed by atoms with Gasteiger partial charge in [-0.2, -0.15) is 0 Å². The zero-order chi connectivity index (χ0) is 18.8. The number of carbonyl (C=O) groups excluding carboxylic acids is 3. The fourth-order valence-electron chi connectivity index (χ4n) is 1.41. The van der Waals surface area contributed by atoms with E-state index in [1.54, 1.807) is 20.8 Å². The molecule has 0 aliphatic carbocycles. The molecule has 0 rings (SSSR count). The largest absolute Gasteiger partial charge is 0.481 e. The molecule has 1 unspecified atom stereocenters.